The highest BCUT2D eigenvalue weighted by Crippen LogP contribution is 2.30. The fourth-order valence-corrected chi connectivity index (χ4v) is 2.64. The molecule has 3 nitrogen and oxygen atoms in total. The molecular weight excluding hydrogens is 245 g/mol. The molecular formula is C15H18FNO2. The van der Waals surface area contributed by atoms with Crippen molar-refractivity contribution < 1.29 is 14.3 Å². The van der Waals surface area contributed by atoms with Crippen LogP contribution in [-0.4, -0.2) is 24.2 Å². The Morgan fingerprint density at radius 2 is 2.11 bits per heavy atom. The van der Waals surface area contributed by atoms with E-state index in [2.05, 4.69) is 4.90 Å². The Kier molecular flexibility index (Phi) is 4.20. The van der Waals surface area contributed by atoms with E-state index in [0.29, 0.717) is 11.6 Å². The molecule has 4 heteroatoms. The molecule has 0 spiro atoms. The second-order valence-electron chi connectivity index (χ2n) is 4.89. The van der Waals surface area contributed by atoms with E-state index in [1.54, 1.807) is 6.07 Å². The molecule has 0 heterocycles. The molecule has 2 rings (SSSR count). The Bertz CT molecular complexity index is 493. The van der Waals surface area contributed by atoms with E-state index >= 15 is 0 Å². The molecule has 0 atom stereocenters. The predicted molar refractivity (Wildman–Crippen MR) is 73.7 cm³/mol. The maximum absolute atomic E-state index is 13.9. The number of nitrogens with zero attached hydrogens (tertiary/aromatic N) is 1. The lowest BCUT2D eigenvalue weighted by Gasteiger charge is -2.28. The molecule has 0 saturated heterocycles. The van der Waals surface area contributed by atoms with E-state index in [1.165, 1.54) is 25.0 Å². The predicted octanol–water partition coefficient (Wildman–Crippen LogP) is 3.30. The summed E-state index contributed by atoms with van der Waals surface area (Å²) in [7, 11) is 1.95. The minimum absolute atomic E-state index is 0.347. The summed E-state index contributed by atoms with van der Waals surface area (Å²) in [5.41, 5.74) is 1.10. The lowest BCUT2D eigenvalue weighted by atomic mass is 10.1. The van der Waals surface area contributed by atoms with Crippen LogP contribution in [0.1, 0.15) is 31.2 Å². The summed E-state index contributed by atoms with van der Waals surface area (Å²) >= 11 is 0. The number of carbonyl (C=O) groups is 1. The summed E-state index contributed by atoms with van der Waals surface area (Å²) < 4.78 is 13.9. The quantitative estimate of drug-likeness (QED) is 0.847. The summed E-state index contributed by atoms with van der Waals surface area (Å²) in [4.78, 5) is 12.7. The number of anilines is 1. The van der Waals surface area contributed by atoms with Gasteiger partial charge in [-0.2, -0.15) is 0 Å². The van der Waals surface area contributed by atoms with Gasteiger partial charge in [0.2, 0.25) is 0 Å². The van der Waals surface area contributed by atoms with Crippen LogP contribution < -0.4 is 4.90 Å². The van der Waals surface area contributed by atoms with Crippen molar-refractivity contribution in [3.05, 3.63) is 35.7 Å². The van der Waals surface area contributed by atoms with Gasteiger partial charge in [0.1, 0.15) is 5.82 Å². The highest BCUT2D eigenvalue weighted by atomic mass is 19.1. The zero-order chi connectivity index (χ0) is 13.8. The smallest absolute Gasteiger partial charge is 0.328 e. The molecule has 1 aliphatic carbocycles. The molecule has 1 aromatic rings. The van der Waals surface area contributed by atoms with Gasteiger partial charge >= 0.3 is 5.97 Å². The number of rotatable bonds is 4. The molecule has 0 bridgehead atoms. The van der Waals surface area contributed by atoms with Gasteiger partial charge in [0.25, 0.3) is 0 Å². The van der Waals surface area contributed by atoms with Gasteiger partial charge in [-0.25, -0.2) is 9.18 Å². The molecule has 0 amide bonds. The van der Waals surface area contributed by atoms with Crippen LogP contribution in [0.25, 0.3) is 6.08 Å². The maximum Gasteiger partial charge on any atom is 0.328 e. The number of aliphatic carboxylic acids is 1. The Labute approximate surface area is 112 Å². The van der Waals surface area contributed by atoms with Crippen LogP contribution in [0.5, 0.6) is 0 Å². The standard InChI is InChI=1S/C15H18FNO2/c1-17(11-5-2-3-6-11)14-8-4-7-13(16)12(14)9-10-15(18)19/h4,7-11H,2-3,5-6H2,1H3,(H,18,19)/b10-9+. The molecule has 0 unspecified atom stereocenters. The molecule has 0 aromatic heterocycles. The van der Waals surface area contributed by atoms with Crippen LogP contribution >= 0.6 is 0 Å². The Balaban J connectivity index is 2.33. The third kappa shape index (κ3) is 3.13. The van der Waals surface area contributed by atoms with Crippen LogP contribution in [0.4, 0.5) is 10.1 Å². The van der Waals surface area contributed by atoms with Crippen LogP contribution in [-0.2, 0) is 4.79 Å². The number of carboxylic acid groups (broad SMARTS) is 1. The zero-order valence-corrected chi connectivity index (χ0v) is 11.0. The van der Waals surface area contributed by atoms with E-state index < -0.39 is 5.97 Å². The van der Waals surface area contributed by atoms with Gasteiger partial charge in [0, 0.05) is 30.4 Å². The molecule has 102 valence electrons. The van der Waals surface area contributed by atoms with Crippen LogP contribution in [0, 0.1) is 5.82 Å². The highest BCUT2D eigenvalue weighted by Gasteiger charge is 2.22. The van der Waals surface area contributed by atoms with Crippen molar-refractivity contribution in [3.8, 4) is 0 Å². The largest absolute Gasteiger partial charge is 0.478 e. The van der Waals surface area contributed by atoms with Gasteiger partial charge < -0.3 is 10.0 Å². The lowest BCUT2D eigenvalue weighted by molar-refractivity contribution is -0.131. The second-order valence-corrected chi connectivity index (χ2v) is 4.89. The first kappa shape index (κ1) is 13.6. The Hall–Kier alpha value is -1.84. The van der Waals surface area contributed by atoms with Crippen molar-refractivity contribution in [1.82, 2.24) is 0 Å². The maximum atomic E-state index is 13.9. The van der Waals surface area contributed by atoms with E-state index in [1.807, 2.05) is 13.1 Å². The monoisotopic (exact) mass is 263 g/mol. The topological polar surface area (TPSA) is 40.5 Å². The fraction of sp³-hybridized carbons (Fsp3) is 0.400. The molecule has 0 radical (unpaired) electrons. The number of carboxylic acids is 1. The zero-order valence-electron chi connectivity index (χ0n) is 11.0. The van der Waals surface area contributed by atoms with Crippen molar-refractivity contribution in [2.75, 3.05) is 11.9 Å². The van der Waals surface area contributed by atoms with Crippen molar-refractivity contribution in [2.24, 2.45) is 0 Å². The Morgan fingerprint density at radius 1 is 1.42 bits per heavy atom. The van der Waals surface area contributed by atoms with Crippen LogP contribution in [0.15, 0.2) is 24.3 Å². The Morgan fingerprint density at radius 3 is 2.74 bits per heavy atom. The second kappa shape index (κ2) is 5.87. The van der Waals surface area contributed by atoms with Gasteiger partial charge in [-0.1, -0.05) is 18.9 Å². The SMILES string of the molecule is CN(c1cccc(F)c1/C=C/C(=O)O)C1CCCC1. The van der Waals surface area contributed by atoms with Crippen molar-refractivity contribution in [1.29, 1.82) is 0 Å². The lowest BCUT2D eigenvalue weighted by Crippen LogP contribution is -2.29. The highest BCUT2D eigenvalue weighted by molar-refractivity contribution is 5.87. The molecule has 1 saturated carbocycles. The summed E-state index contributed by atoms with van der Waals surface area (Å²) in [6, 6.07) is 5.27. The van der Waals surface area contributed by atoms with Gasteiger partial charge in [-0.15, -0.1) is 0 Å². The number of halogens is 1. The first-order valence-corrected chi connectivity index (χ1v) is 6.52. The average molecular weight is 263 g/mol. The normalized spacial score (nSPS) is 16.1. The minimum atomic E-state index is -1.07. The minimum Gasteiger partial charge on any atom is -0.478 e. The molecule has 1 aliphatic rings. The molecule has 19 heavy (non-hydrogen) atoms. The first-order valence-electron chi connectivity index (χ1n) is 6.52. The summed E-state index contributed by atoms with van der Waals surface area (Å²) in [5, 5.41) is 8.68. The third-order valence-corrected chi connectivity index (χ3v) is 3.67. The van der Waals surface area contributed by atoms with E-state index in [0.717, 1.165) is 24.6 Å². The van der Waals surface area contributed by atoms with E-state index in [-0.39, 0.29) is 5.82 Å². The van der Waals surface area contributed by atoms with Gasteiger partial charge in [-0.05, 0) is 31.1 Å². The van der Waals surface area contributed by atoms with Gasteiger partial charge in [-0.3, -0.25) is 0 Å². The summed E-state index contributed by atoms with van der Waals surface area (Å²) in [6.45, 7) is 0. The number of hydrogen-bond donors (Lipinski definition) is 1. The first-order chi connectivity index (χ1) is 9.09. The van der Waals surface area contributed by atoms with Crippen molar-refractivity contribution >= 4 is 17.7 Å². The van der Waals surface area contributed by atoms with Crippen molar-refractivity contribution in [3.63, 3.8) is 0 Å². The molecule has 0 aliphatic heterocycles. The molecule has 1 fully saturated rings. The number of hydrogen-bond acceptors (Lipinski definition) is 2. The van der Waals surface area contributed by atoms with Crippen molar-refractivity contribution in [2.45, 2.75) is 31.7 Å². The molecule has 1 N–H and O–H groups in total. The van der Waals surface area contributed by atoms with Gasteiger partial charge in [0.05, 0.1) is 0 Å². The van der Waals surface area contributed by atoms with Gasteiger partial charge in [0.15, 0.2) is 0 Å². The fourth-order valence-electron chi connectivity index (χ4n) is 2.64. The average Bonchev–Trinajstić information content (AvgIpc) is 2.89. The number of benzene rings is 1. The summed E-state index contributed by atoms with van der Waals surface area (Å²) in [5.74, 6) is -1.46. The van der Waals surface area contributed by atoms with E-state index in [4.69, 9.17) is 5.11 Å². The van der Waals surface area contributed by atoms with Crippen LogP contribution in [0.2, 0.25) is 0 Å². The third-order valence-electron chi connectivity index (χ3n) is 3.67. The summed E-state index contributed by atoms with van der Waals surface area (Å²) in [6.07, 6.45) is 6.92. The molecule has 1 aromatic carbocycles. The van der Waals surface area contributed by atoms with E-state index in [9.17, 15) is 9.18 Å². The van der Waals surface area contributed by atoms with Crippen LogP contribution in [0.3, 0.4) is 0 Å².